The van der Waals surface area contributed by atoms with Crippen LogP contribution >= 0.6 is 0 Å². The van der Waals surface area contributed by atoms with Crippen LogP contribution in [0.3, 0.4) is 0 Å². The fraction of sp³-hybridized carbons (Fsp3) is 0.367. The Bertz CT molecular complexity index is 1290. The average molecular weight is 515 g/mol. The summed E-state index contributed by atoms with van der Waals surface area (Å²) in [5.41, 5.74) is 2.28. The van der Waals surface area contributed by atoms with E-state index in [4.69, 9.17) is 9.84 Å². The Morgan fingerprint density at radius 1 is 1.08 bits per heavy atom. The highest BCUT2D eigenvalue weighted by molar-refractivity contribution is 5.70. The number of hydrogen-bond acceptors (Lipinski definition) is 2. The van der Waals surface area contributed by atoms with Gasteiger partial charge in [0, 0.05) is 17.5 Å². The predicted molar refractivity (Wildman–Crippen MR) is 134 cm³/mol. The minimum absolute atomic E-state index is 0.0189. The summed E-state index contributed by atoms with van der Waals surface area (Å²) in [4.78, 5) is 10.9. The van der Waals surface area contributed by atoms with Gasteiger partial charge in [-0.25, -0.2) is 17.6 Å². The van der Waals surface area contributed by atoms with Crippen LogP contribution in [0.2, 0.25) is 0 Å². The molecule has 196 valence electrons. The zero-order valence-electron chi connectivity index (χ0n) is 20.9. The molecular weight excluding hydrogens is 484 g/mol. The van der Waals surface area contributed by atoms with Gasteiger partial charge in [0.15, 0.2) is 11.6 Å². The number of rotatable bonds is 9. The van der Waals surface area contributed by atoms with Crippen LogP contribution in [-0.2, 0) is 17.8 Å². The molecule has 3 aromatic rings. The third-order valence-corrected chi connectivity index (χ3v) is 7.33. The minimum atomic E-state index is -2.71. The van der Waals surface area contributed by atoms with Gasteiger partial charge in [-0.15, -0.1) is 0 Å². The highest BCUT2D eigenvalue weighted by Crippen LogP contribution is 2.51. The van der Waals surface area contributed by atoms with E-state index in [0.29, 0.717) is 5.56 Å². The summed E-state index contributed by atoms with van der Waals surface area (Å²) in [6.07, 6.45) is 0.0423. The molecule has 1 fully saturated rings. The Morgan fingerprint density at radius 2 is 1.86 bits per heavy atom. The van der Waals surface area contributed by atoms with Crippen LogP contribution in [0.25, 0.3) is 11.1 Å². The number of carboxylic acids is 1. The standard InChI is InChI=1S/C30H30F4O3/c1-30(2)14-4-6-24(30)22-15-18(8-11-21(22)23-16-20(29(33)34)9-12-25(23)31)17-37-26-7-3-5-19(28(26)32)10-13-27(35)36/h3,5,7-9,11-12,15-16,24,29H,4,6,10,13-14,17H2,1-2H3,(H,35,36). The van der Waals surface area contributed by atoms with Crippen molar-refractivity contribution in [2.45, 2.75) is 64.9 Å². The van der Waals surface area contributed by atoms with E-state index in [1.54, 1.807) is 18.2 Å². The lowest BCUT2D eigenvalue weighted by atomic mass is 9.75. The second-order valence-corrected chi connectivity index (χ2v) is 10.3. The molecule has 1 saturated carbocycles. The van der Waals surface area contributed by atoms with Crippen LogP contribution in [0.1, 0.15) is 74.1 Å². The molecule has 3 aromatic carbocycles. The Balaban J connectivity index is 1.68. The minimum Gasteiger partial charge on any atom is -0.486 e. The van der Waals surface area contributed by atoms with Crippen molar-refractivity contribution in [3.63, 3.8) is 0 Å². The SMILES string of the molecule is CC1(C)CCCC1c1cc(COc2cccc(CCC(=O)O)c2F)ccc1-c1cc(C(F)F)ccc1F. The number of aliphatic carboxylic acids is 1. The second kappa shape index (κ2) is 11.0. The lowest BCUT2D eigenvalue weighted by Crippen LogP contribution is -2.17. The number of carboxylic acid groups (broad SMARTS) is 1. The first-order chi connectivity index (χ1) is 17.6. The number of alkyl halides is 2. The highest BCUT2D eigenvalue weighted by atomic mass is 19.3. The summed E-state index contributed by atoms with van der Waals surface area (Å²) in [7, 11) is 0. The van der Waals surface area contributed by atoms with E-state index >= 15 is 0 Å². The van der Waals surface area contributed by atoms with E-state index in [9.17, 15) is 22.4 Å². The quantitative estimate of drug-likeness (QED) is 0.291. The molecule has 0 aromatic heterocycles. The normalized spacial score (nSPS) is 16.8. The number of ether oxygens (including phenoxy) is 1. The number of benzene rings is 3. The zero-order chi connectivity index (χ0) is 26.7. The van der Waals surface area contributed by atoms with E-state index in [1.807, 2.05) is 6.07 Å². The zero-order valence-corrected chi connectivity index (χ0v) is 20.9. The summed E-state index contributed by atoms with van der Waals surface area (Å²) in [6, 6.07) is 13.4. The Kier molecular flexibility index (Phi) is 7.90. The van der Waals surface area contributed by atoms with Crippen molar-refractivity contribution in [2.75, 3.05) is 0 Å². The van der Waals surface area contributed by atoms with Gasteiger partial charge in [0.1, 0.15) is 12.4 Å². The molecule has 0 heterocycles. The first-order valence-electron chi connectivity index (χ1n) is 12.4. The van der Waals surface area contributed by atoms with Crippen LogP contribution in [0.15, 0.2) is 54.6 Å². The molecule has 1 unspecified atom stereocenters. The maximum absolute atomic E-state index is 14.9. The van der Waals surface area contributed by atoms with Crippen molar-refractivity contribution in [3.05, 3.63) is 88.5 Å². The molecule has 0 spiro atoms. The van der Waals surface area contributed by atoms with Crippen molar-refractivity contribution in [1.29, 1.82) is 0 Å². The summed E-state index contributed by atoms with van der Waals surface area (Å²) in [6.45, 7) is 4.35. The van der Waals surface area contributed by atoms with Gasteiger partial charge in [0.25, 0.3) is 6.43 Å². The fourth-order valence-electron chi connectivity index (χ4n) is 5.29. The molecule has 3 nitrogen and oxygen atoms in total. The van der Waals surface area contributed by atoms with E-state index in [1.165, 1.54) is 18.2 Å². The lowest BCUT2D eigenvalue weighted by Gasteiger charge is -2.30. The van der Waals surface area contributed by atoms with Crippen LogP contribution < -0.4 is 4.74 Å². The molecular formula is C30H30F4O3. The molecule has 0 saturated heterocycles. The Labute approximate surface area is 214 Å². The topological polar surface area (TPSA) is 46.5 Å². The van der Waals surface area contributed by atoms with Crippen LogP contribution in [0.4, 0.5) is 17.6 Å². The molecule has 4 rings (SSSR count). The van der Waals surface area contributed by atoms with E-state index < -0.39 is 24.0 Å². The average Bonchev–Trinajstić information content (AvgIpc) is 3.21. The molecule has 1 atom stereocenters. The van der Waals surface area contributed by atoms with E-state index in [0.717, 1.165) is 42.5 Å². The second-order valence-electron chi connectivity index (χ2n) is 10.3. The molecule has 0 amide bonds. The van der Waals surface area contributed by atoms with E-state index in [2.05, 4.69) is 13.8 Å². The van der Waals surface area contributed by atoms with Gasteiger partial charge in [0.05, 0.1) is 0 Å². The Hall–Kier alpha value is -3.35. The van der Waals surface area contributed by atoms with Gasteiger partial charge in [-0.2, -0.15) is 0 Å². The third-order valence-electron chi connectivity index (χ3n) is 7.33. The first-order valence-corrected chi connectivity index (χ1v) is 12.4. The summed E-state index contributed by atoms with van der Waals surface area (Å²) < 4.78 is 62.3. The van der Waals surface area contributed by atoms with Gasteiger partial charge >= 0.3 is 5.97 Å². The fourth-order valence-corrected chi connectivity index (χ4v) is 5.29. The van der Waals surface area contributed by atoms with Crippen LogP contribution in [0.5, 0.6) is 5.75 Å². The molecule has 0 aliphatic heterocycles. The summed E-state index contributed by atoms with van der Waals surface area (Å²) >= 11 is 0. The maximum atomic E-state index is 14.9. The summed E-state index contributed by atoms with van der Waals surface area (Å²) in [5, 5.41) is 8.89. The molecule has 0 bridgehead atoms. The smallest absolute Gasteiger partial charge is 0.303 e. The van der Waals surface area contributed by atoms with Gasteiger partial charge in [0.2, 0.25) is 0 Å². The number of hydrogen-bond donors (Lipinski definition) is 1. The van der Waals surface area contributed by atoms with Crippen molar-refractivity contribution in [3.8, 4) is 16.9 Å². The molecule has 37 heavy (non-hydrogen) atoms. The first kappa shape index (κ1) is 26.7. The molecule has 1 aliphatic carbocycles. The van der Waals surface area contributed by atoms with Gasteiger partial charge < -0.3 is 9.84 Å². The number of carbonyl (C=O) groups is 1. The molecule has 1 N–H and O–H groups in total. The monoisotopic (exact) mass is 514 g/mol. The van der Waals surface area contributed by atoms with Crippen LogP contribution in [0, 0.1) is 17.0 Å². The van der Waals surface area contributed by atoms with Gasteiger partial charge in [-0.1, -0.05) is 56.7 Å². The van der Waals surface area contributed by atoms with Crippen molar-refractivity contribution < 1.29 is 32.2 Å². The van der Waals surface area contributed by atoms with Gasteiger partial charge in [-0.05, 0) is 71.0 Å². The number of halogens is 4. The largest absolute Gasteiger partial charge is 0.486 e. The van der Waals surface area contributed by atoms with E-state index in [-0.39, 0.29) is 53.2 Å². The van der Waals surface area contributed by atoms with Crippen molar-refractivity contribution in [1.82, 2.24) is 0 Å². The highest BCUT2D eigenvalue weighted by Gasteiger charge is 2.37. The third kappa shape index (κ3) is 5.97. The van der Waals surface area contributed by atoms with Crippen LogP contribution in [-0.4, -0.2) is 11.1 Å². The van der Waals surface area contributed by atoms with Crippen molar-refractivity contribution in [2.24, 2.45) is 5.41 Å². The molecule has 7 heteroatoms. The molecule has 1 aliphatic rings. The lowest BCUT2D eigenvalue weighted by molar-refractivity contribution is -0.136. The molecule has 0 radical (unpaired) electrons. The summed E-state index contributed by atoms with van der Waals surface area (Å²) in [5.74, 6) is -2.06. The van der Waals surface area contributed by atoms with Crippen molar-refractivity contribution >= 4 is 5.97 Å². The maximum Gasteiger partial charge on any atom is 0.303 e. The Morgan fingerprint density at radius 3 is 2.54 bits per heavy atom. The van der Waals surface area contributed by atoms with Gasteiger partial charge in [-0.3, -0.25) is 4.79 Å². The predicted octanol–water partition coefficient (Wildman–Crippen LogP) is 8.46. The number of aryl methyl sites for hydroxylation is 1.